The summed E-state index contributed by atoms with van der Waals surface area (Å²) in [6.45, 7) is 0. The fourth-order valence-corrected chi connectivity index (χ4v) is 3.77. The van der Waals surface area contributed by atoms with Crippen LogP contribution in [0.3, 0.4) is 0 Å². The Labute approximate surface area is 164 Å². The Morgan fingerprint density at radius 2 is 2.00 bits per heavy atom. The van der Waals surface area contributed by atoms with Crippen LogP contribution >= 0.6 is 11.8 Å². The number of hydrogen-bond acceptors (Lipinski definition) is 6. The molecule has 28 heavy (non-hydrogen) atoms. The van der Waals surface area contributed by atoms with Crippen LogP contribution in [0, 0.1) is 10.1 Å². The minimum Gasteiger partial charge on any atom is -0.497 e. The second-order valence-corrected chi connectivity index (χ2v) is 7.04. The summed E-state index contributed by atoms with van der Waals surface area (Å²) in [5.74, 6) is 1.33. The zero-order valence-corrected chi connectivity index (χ0v) is 15.7. The highest BCUT2D eigenvalue weighted by Gasteiger charge is 2.14. The van der Waals surface area contributed by atoms with Gasteiger partial charge < -0.3 is 15.0 Å². The number of hydrogen-bond donors (Lipinski definition) is 2. The number of H-pyrrole nitrogens is 1. The van der Waals surface area contributed by atoms with E-state index in [1.165, 1.54) is 6.07 Å². The predicted molar refractivity (Wildman–Crippen MR) is 110 cm³/mol. The molecule has 0 amide bonds. The Morgan fingerprint density at radius 1 is 1.14 bits per heavy atom. The third kappa shape index (κ3) is 3.63. The summed E-state index contributed by atoms with van der Waals surface area (Å²) < 4.78 is 5.27. The number of anilines is 2. The Bertz CT molecular complexity index is 1160. The van der Waals surface area contributed by atoms with E-state index in [2.05, 4.69) is 15.3 Å². The summed E-state index contributed by atoms with van der Waals surface area (Å²) in [4.78, 5) is 20.6. The lowest BCUT2D eigenvalue weighted by Gasteiger charge is -2.06. The van der Waals surface area contributed by atoms with Gasteiger partial charge in [0, 0.05) is 27.4 Å². The number of nitrogens with one attached hydrogen (secondary N) is 2. The molecule has 0 saturated carbocycles. The molecule has 0 aliphatic rings. The van der Waals surface area contributed by atoms with Gasteiger partial charge in [-0.3, -0.25) is 10.1 Å². The fourth-order valence-electron chi connectivity index (χ4n) is 2.80. The molecule has 0 aliphatic heterocycles. The second kappa shape index (κ2) is 7.61. The molecular formula is C20H16N4O3S. The maximum absolute atomic E-state index is 11.2. The van der Waals surface area contributed by atoms with Gasteiger partial charge in [-0.1, -0.05) is 30.0 Å². The molecule has 0 saturated heterocycles. The van der Waals surface area contributed by atoms with Crippen molar-refractivity contribution in [1.29, 1.82) is 0 Å². The molecule has 4 rings (SSSR count). The lowest BCUT2D eigenvalue weighted by atomic mass is 10.2. The number of para-hydroxylation sites is 2. The normalized spacial score (nSPS) is 10.8. The van der Waals surface area contributed by atoms with E-state index in [-0.39, 0.29) is 5.69 Å². The van der Waals surface area contributed by atoms with Gasteiger partial charge in [0.25, 0.3) is 5.69 Å². The molecule has 0 fully saturated rings. The van der Waals surface area contributed by atoms with E-state index < -0.39 is 4.92 Å². The van der Waals surface area contributed by atoms with Crippen LogP contribution in [0.25, 0.3) is 11.0 Å². The van der Waals surface area contributed by atoms with Crippen molar-refractivity contribution >= 4 is 40.0 Å². The molecule has 0 radical (unpaired) electrons. The second-order valence-electron chi connectivity index (χ2n) is 5.93. The molecule has 140 valence electrons. The van der Waals surface area contributed by atoms with E-state index in [0.29, 0.717) is 17.2 Å². The lowest BCUT2D eigenvalue weighted by Crippen LogP contribution is -1.98. The van der Waals surface area contributed by atoms with Gasteiger partial charge in [-0.25, -0.2) is 4.98 Å². The quantitative estimate of drug-likeness (QED) is 0.338. The minimum atomic E-state index is -0.418. The summed E-state index contributed by atoms with van der Waals surface area (Å²) in [6.07, 6.45) is 1.90. The summed E-state index contributed by atoms with van der Waals surface area (Å²) in [7, 11) is 1.64. The number of aromatic nitrogens is 2. The highest BCUT2D eigenvalue weighted by Crippen LogP contribution is 2.35. The van der Waals surface area contributed by atoms with Crippen molar-refractivity contribution in [2.75, 3.05) is 12.4 Å². The van der Waals surface area contributed by atoms with Crippen LogP contribution in [0.2, 0.25) is 0 Å². The number of methoxy groups -OCH3 is 1. The average molecular weight is 392 g/mol. The molecule has 2 aromatic heterocycles. The van der Waals surface area contributed by atoms with Crippen LogP contribution in [-0.2, 0) is 0 Å². The van der Waals surface area contributed by atoms with Crippen LogP contribution < -0.4 is 10.1 Å². The molecule has 0 atom stereocenters. The molecular weight excluding hydrogens is 376 g/mol. The number of nitrogens with zero attached hydrogens (tertiary/aromatic N) is 2. The first-order valence-electron chi connectivity index (χ1n) is 8.44. The zero-order valence-electron chi connectivity index (χ0n) is 14.9. The smallest absolute Gasteiger partial charge is 0.292 e. The van der Waals surface area contributed by atoms with Crippen molar-refractivity contribution in [3.05, 3.63) is 77.0 Å². The highest BCUT2D eigenvalue weighted by molar-refractivity contribution is 7.99. The molecule has 4 aromatic rings. The number of rotatable bonds is 6. The van der Waals surface area contributed by atoms with Gasteiger partial charge in [0.05, 0.1) is 12.0 Å². The van der Waals surface area contributed by atoms with E-state index >= 15 is 0 Å². The minimum absolute atomic E-state index is 0.00477. The van der Waals surface area contributed by atoms with Crippen molar-refractivity contribution in [2.45, 2.75) is 9.79 Å². The monoisotopic (exact) mass is 392 g/mol. The fraction of sp³-hybridized carbons (Fsp3) is 0.0500. The molecule has 2 aromatic carbocycles. The zero-order chi connectivity index (χ0) is 19.5. The van der Waals surface area contributed by atoms with Crippen LogP contribution in [-0.4, -0.2) is 22.0 Å². The molecule has 2 heterocycles. The maximum atomic E-state index is 11.2. The van der Waals surface area contributed by atoms with Crippen molar-refractivity contribution in [3.63, 3.8) is 0 Å². The molecule has 8 heteroatoms. The van der Waals surface area contributed by atoms with Gasteiger partial charge >= 0.3 is 0 Å². The van der Waals surface area contributed by atoms with Gasteiger partial charge in [0.2, 0.25) is 0 Å². The summed E-state index contributed by atoms with van der Waals surface area (Å²) in [5, 5.41) is 15.2. The maximum Gasteiger partial charge on any atom is 0.292 e. The predicted octanol–water partition coefficient (Wildman–Crippen LogP) is 5.37. The first-order valence-corrected chi connectivity index (χ1v) is 9.26. The molecule has 0 bridgehead atoms. The van der Waals surface area contributed by atoms with Crippen LogP contribution in [0.5, 0.6) is 5.75 Å². The Balaban J connectivity index is 1.60. The van der Waals surface area contributed by atoms with Gasteiger partial charge in [-0.2, -0.15) is 0 Å². The van der Waals surface area contributed by atoms with E-state index in [1.807, 2.05) is 42.6 Å². The number of benzene rings is 2. The largest absolute Gasteiger partial charge is 0.497 e. The van der Waals surface area contributed by atoms with Crippen LogP contribution in [0.4, 0.5) is 17.2 Å². The number of nitro groups is 1. The topological polar surface area (TPSA) is 93.1 Å². The first-order chi connectivity index (χ1) is 13.6. The average Bonchev–Trinajstić information content (AvgIpc) is 3.10. The Kier molecular flexibility index (Phi) is 4.86. The summed E-state index contributed by atoms with van der Waals surface area (Å²) in [6, 6.07) is 18.1. The third-order valence-corrected chi connectivity index (χ3v) is 5.18. The van der Waals surface area contributed by atoms with Gasteiger partial charge in [-0.15, -0.1) is 0 Å². The van der Waals surface area contributed by atoms with E-state index in [9.17, 15) is 10.1 Å². The Morgan fingerprint density at radius 3 is 2.82 bits per heavy atom. The third-order valence-electron chi connectivity index (χ3n) is 4.13. The van der Waals surface area contributed by atoms with Crippen molar-refractivity contribution < 1.29 is 9.66 Å². The van der Waals surface area contributed by atoms with Crippen LogP contribution in [0.15, 0.2) is 76.7 Å². The first kappa shape index (κ1) is 17.9. The SMILES string of the molecule is COc1cccc(Sc2c[nH]c3nc(Nc4ccccc4[N+](=O)[O-])ccc23)c1. The molecule has 0 unspecified atom stereocenters. The van der Waals surface area contributed by atoms with Gasteiger partial charge in [0.1, 0.15) is 22.9 Å². The van der Waals surface area contributed by atoms with E-state index in [4.69, 9.17) is 4.74 Å². The highest BCUT2D eigenvalue weighted by atomic mass is 32.2. The van der Waals surface area contributed by atoms with Gasteiger partial charge in [0.15, 0.2) is 0 Å². The number of ether oxygens (including phenoxy) is 1. The lowest BCUT2D eigenvalue weighted by molar-refractivity contribution is -0.383. The Hall–Kier alpha value is -3.52. The standard InChI is InChI=1S/C20H16N4O3S/c1-27-13-5-4-6-14(11-13)28-18-12-21-20-15(18)9-10-19(23-20)22-16-7-2-3-8-17(16)24(25)26/h2-12H,1H3,(H2,21,22,23). The summed E-state index contributed by atoms with van der Waals surface area (Å²) >= 11 is 1.61. The number of nitro benzene ring substituents is 1. The molecule has 0 spiro atoms. The molecule has 7 nitrogen and oxygen atoms in total. The molecule has 0 aliphatic carbocycles. The van der Waals surface area contributed by atoms with Gasteiger partial charge in [-0.05, 0) is 36.4 Å². The number of aromatic amines is 1. The van der Waals surface area contributed by atoms with Crippen molar-refractivity contribution in [1.82, 2.24) is 9.97 Å². The summed E-state index contributed by atoms with van der Waals surface area (Å²) in [5.41, 5.74) is 1.11. The van der Waals surface area contributed by atoms with Crippen molar-refractivity contribution in [3.8, 4) is 5.75 Å². The number of fused-ring (bicyclic) bond motifs is 1. The van der Waals surface area contributed by atoms with E-state index in [1.54, 1.807) is 37.1 Å². The molecule has 2 N–H and O–H groups in total. The number of pyridine rings is 1. The van der Waals surface area contributed by atoms with Crippen LogP contribution in [0.1, 0.15) is 0 Å². The van der Waals surface area contributed by atoms with Crippen molar-refractivity contribution in [2.24, 2.45) is 0 Å². The van der Waals surface area contributed by atoms with E-state index in [0.717, 1.165) is 20.9 Å².